The first kappa shape index (κ1) is 41.6. The van der Waals surface area contributed by atoms with Gasteiger partial charge in [0.2, 0.25) is 0 Å². The first-order valence-electron chi connectivity index (χ1n) is 22.1. The van der Waals surface area contributed by atoms with Crippen LogP contribution in [0.25, 0.3) is 39.0 Å². The summed E-state index contributed by atoms with van der Waals surface area (Å²) in [5, 5.41) is 2.38. The second-order valence-electron chi connectivity index (χ2n) is 20.1. The first-order chi connectivity index (χ1) is 30.0. The first-order valence-corrected chi connectivity index (χ1v) is 22.1. The van der Waals surface area contributed by atoms with E-state index in [0.717, 1.165) is 45.4 Å². The van der Waals surface area contributed by atoms with E-state index in [2.05, 4.69) is 247 Å². The molecule has 3 heterocycles. The van der Waals surface area contributed by atoms with Gasteiger partial charge in [-0.2, -0.15) is 0 Å². The van der Waals surface area contributed by atoms with Gasteiger partial charge in [0.15, 0.2) is 0 Å². The maximum atomic E-state index is 7.03. The Labute approximate surface area is 373 Å². The van der Waals surface area contributed by atoms with Gasteiger partial charge in [0.05, 0.1) is 28.1 Å². The van der Waals surface area contributed by atoms with E-state index in [0.29, 0.717) is 0 Å². The smallest absolute Gasteiger partial charge is 0.269 e. The standard InChI is InChI=1S/C58H58N4O/c1-55(2,3)42-31-32-59-53(34-42)62-50-30-18-17-29-48(50)54-49(58(9,10)41-23-15-12-16-24-41)36-47(37-51(54)62)63-46-28-20-27-45(35-46)61-39-60(38-52(61)56(4,5)6)44-26-19-25-43(33-44)57(7,8)40-21-13-11-14-22-40/h11-38H,1-10H3. The molecule has 9 aromatic rings. The summed E-state index contributed by atoms with van der Waals surface area (Å²) in [6.45, 7) is 22.7. The molecule has 6 aromatic carbocycles. The Hall–Kier alpha value is -6.72. The average Bonchev–Trinajstić information content (AvgIpc) is 3.88. The molecular weight excluding hydrogens is 769 g/mol. The third kappa shape index (κ3) is 7.75. The van der Waals surface area contributed by atoms with Crippen LogP contribution in [0.1, 0.15) is 103 Å². The molecule has 63 heavy (non-hydrogen) atoms. The molecule has 9 rings (SSSR count). The molecule has 0 bridgehead atoms. The monoisotopic (exact) mass is 826 g/mol. The van der Waals surface area contributed by atoms with E-state index in [-0.39, 0.29) is 21.7 Å². The molecule has 5 nitrogen and oxygen atoms in total. The van der Waals surface area contributed by atoms with Gasteiger partial charge in [-0.1, -0.05) is 166 Å². The number of ether oxygens (including phenoxy) is 1. The highest BCUT2D eigenvalue weighted by Crippen LogP contribution is 2.45. The number of hydrogen-bond donors (Lipinski definition) is 0. The lowest BCUT2D eigenvalue weighted by atomic mass is 9.76. The zero-order valence-corrected chi connectivity index (χ0v) is 38.4. The van der Waals surface area contributed by atoms with Crippen LogP contribution in [-0.4, -0.2) is 14.1 Å². The number of para-hydroxylation sites is 1. The quantitative estimate of drug-likeness (QED) is 0.107. The van der Waals surface area contributed by atoms with Crippen LogP contribution in [-0.2, 0) is 21.7 Å². The van der Waals surface area contributed by atoms with Gasteiger partial charge < -0.3 is 4.74 Å². The summed E-state index contributed by atoms with van der Waals surface area (Å²) in [5.74, 6) is 2.39. The Bertz CT molecular complexity index is 3100. The van der Waals surface area contributed by atoms with Crippen molar-refractivity contribution in [2.45, 2.75) is 90.9 Å². The van der Waals surface area contributed by atoms with Gasteiger partial charge in [-0.25, -0.2) is 4.98 Å². The highest BCUT2D eigenvalue weighted by Gasteiger charge is 2.30. The highest BCUT2D eigenvalue weighted by molar-refractivity contribution is 6.11. The predicted molar refractivity (Wildman–Crippen MR) is 259 cm³/mol. The molecule has 0 fully saturated rings. The molecule has 0 saturated heterocycles. The Morgan fingerprint density at radius 2 is 1.17 bits per heavy atom. The van der Waals surface area contributed by atoms with Crippen LogP contribution < -0.4 is 9.30 Å². The van der Waals surface area contributed by atoms with E-state index in [1.807, 2.05) is 12.3 Å². The molecule has 0 amide bonds. The summed E-state index contributed by atoms with van der Waals surface area (Å²) in [6, 6.07) is 56.2. The molecule has 0 radical (unpaired) electrons. The lowest BCUT2D eigenvalue weighted by molar-refractivity contribution is -0.599. The van der Waals surface area contributed by atoms with Crippen LogP contribution >= 0.6 is 0 Å². The minimum absolute atomic E-state index is 0.0389. The van der Waals surface area contributed by atoms with Gasteiger partial charge in [-0.3, -0.25) is 13.7 Å². The van der Waals surface area contributed by atoms with Crippen molar-refractivity contribution in [3.05, 3.63) is 210 Å². The third-order valence-corrected chi connectivity index (χ3v) is 12.9. The van der Waals surface area contributed by atoms with Gasteiger partial charge in [-0.15, -0.1) is 0 Å². The maximum Gasteiger partial charge on any atom is 0.269 e. The van der Waals surface area contributed by atoms with Crippen LogP contribution in [0.3, 0.4) is 0 Å². The van der Waals surface area contributed by atoms with E-state index in [1.54, 1.807) is 0 Å². The van der Waals surface area contributed by atoms with Crippen LogP contribution in [0.2, 0.25) is 0 Å². The molecule has 0 spiro atoms. The van der Waals surface area contributed by atoms with Gasteiger partial charge in [0.1, 0.15) is 17.3 Å². The summed E-state index contributed by atoms with van der Waals surface area (Å²) in [7, 11) is 0. The van der Waals surface area contributed by atoms with Crippen LogP contribution in [0.4, 0.5) is 0 Å². The molecule has 0 aliphatic heterocycles. The van der Waals surface area contributed by atoms with Crippen molar-refractivity contribution in [1.29, 1.82) is 0 Å². The number of pyridine rings is 1. The van der Waals surface area contributed by atoms with Gasteiger partial charge in [0.25, 0.3) is 6.33 Å². The summed E-state index contributed by atoms with van der Waals surface area (Å²) < 4.78 is 13.7. The van der Waals surface area contributed by atoms with Gasteiger partial charge in [0, 0.05) is 40.1 Å². The number of aromatic nitrogens is 4. The molecule has 5 heteroatoms. The Balaban J connectivity index is 1.17. The molecule has 316 valence electrons. The number of fused-ring (bicyclic) bond motifs is 3. The number of hydrogen-bond acceptors (Lipinski definition) is 2. The molecule has 0 aliphatic carbocycles. The maximum absolute atomic E-state index is 7.03. The van der Waals surface area contributed by atoms with Gasteiger partial charge >= 0.3 is 0 Å². The fourth-order valence-corrected chi connectivity index (χ4v) is 9.00. The Kier molecular flexibility index (Phi) is 10.3. The molecule has 0 N–H and O–H groups in total. The second-order valence-corrected chi connectivity index (χ2v) is 20.1. The topological polar surface area (TPSA) is 35.9 Å². The minimum Gasteiger partial charge on any atom is -0.458 e. The fourth-order valence-electron chi connectivity index (χ4n) is 9.00. The zero-order valence-electron chi connectivity index (χ0n) is 38.4. The van der Waals surface area contributed by atoms with Crippen LogP contribution in [0.15, 0.2) is 170 Å². The van der Waals surface area contributed by atoms with E-state index < -0.39 is 0 Å². The minimum atomic E-state index is -0.362. The second kappa shape index (κ2) is 15.6. The number of rotatable bonds is 9. The number of benzene rings is 6. The number of imidazole rings is 1. The highest BCUT2D eigenvalue weighted by atomic mass is 16.5. The molecule has 0 unspecified atom stereocenters. The molecule has 0 saturated carbocycles. The van der Waals surface area contributed by atoms with Crippen LogP contribution in [0.5, 0.6) is 11.5 Å². The Morgan fingerprint density at radius 3 is 1.87 bits per heavy atom. The van der Waals surface area contributed by atoms with Crippen molar-refractivity contribution in [1.82, 2.24) is 14.1 Å². The van der Waals surface area contributed by atoms with Crippen molar-refractivity contribution < 1.29 is 9.30 Å². The van der Waals surface area contributed by atoms with Crippen molar-refractivity contribution in [2.75, 3.05) is 0 Å². The normalized spacial score (nSPS) is 12.6. The van der Waals surface area contributed by atoms with E-state index in [1.165, 1.54) is 38.6 Å². The van der Waals surface area contributed by atoms with E-state index in [9.17, 15) is 0 Å². The largest absolute Gasteiger partial charge is 0.458 e. The van der Waals surface area contributed by atoms with Crippen LogP contribution in [0, 0.1) is 6.33 Å². The SMILES string of the molecule is CC(C)(C)c1ccnc(-n2c3ccccc3c3c(C(C)(C)c4ccccc4)cc(Oc4cccc(-n5[c-][n+](-c6cccc(C(C)(C)c7ccccc7)c6)cc5C(C)(C)C)c4)cc32)c1. The molecule has 0 atom stereocenters. The summed E-state index contributed by atoms with van der Waals surface area (Å²) in [4.78, 5) is 5.00. The van der Waals surface area contributed by atoms with Crippen molar-refractivity contribution in [2.24, 2.45) is 0 Å². The molecule has 0 aliphatic rings. The molecule has 3 aromatic heterocycles. The Morgan fingerprint density at radius 1 is 0.524 bits per heavy atom. The van der Waals surface area contributed by atoms with Crippen molar-refractivity contribution >= 4 is 21.8 Å². The fraction of sp³-hybridized carbons (Fsp3) is 0.241. The van der Waals surface area contributed by atoms with Gasteiger partial charge in [-0.05, 0) is 93.2 Å². The zero-order chi connectivity index (χ0) is 44.3. The third-order valence-electron chi connectivity index (χ3n) is 12.9. The molecular formula is C58H58N4O. The predicted octanol–water partition coefficient (Wildman–Crippen LogP) is 14.1. The van der Waals surface area contributed by atoms with Crippen molar-refractivity contribution in [3.63, 3.8) is 0 Å². The summed E-state index contributed by atoms with van der Waals surface area (Å²) in [5.41, 5.74) is 10.8. The summed E-state index contributed by atoms with van der Waals surface area (Å²) in [6.07, 6.45) is 7.88. The summed E-state index contributed by atoms with van der Waals surface area (Å²) >= 11 is 0. The number of nitrogens with zero attached hydrogens (tertiary/aromatic N) is 4. The van der Waals surface area contributed by atoms with E-state index in [4.69, 9.17) is 9.72 Å². The van der Waals surface area contributed by atoms with Crippen molar-refractivity contribution in [3.8, 4) is 28.7 Å². The lowest BCUT2D eigenvalue weighted by Crippen LogP contribution is -2.29. The average molecular weight is 827 g/mol. The van der Waals surface area contributed by atoms with E-state index >= 15 is 0 Å². The lowest BCUT2D eigenvalue weighted by Gasteiger charge is -2.28.